The number of piperidine rings is 3. The lowest BCUT2D eigenvalue weighted by Crippen LogP contribution is -2.44. The SMILES string of the molecule is Cn1c(=O)n(C2CCC(=O)NC2=O)c2ccc(CN3CCC(CC4CCN(C(=O)OC(C)(C)C)CC4)CC3)cc21. The topological polar surface area (TPSA) is 106 Å². The third-order valence-electron chi connectivity index (χ3n) is 8.72. The molecular weight excluding hydrogens is 510 g/mol. The number of ether oxygens (including phenoxy) is 1. The average Bonchev–Trinajstić information content (AvgIpc) is 3.14. The summed E-state index contributed by atoms with van der Waals surface area (Å²) >= 11 is 0. The van der Waals surface area contributed by atoms with Crippen LogP contribution in [0.2, 0.25) is 0 Å². The molecule has 218 valence electrons. The number of hydrogen-bond acceptors (Lipinski definition) is 6. The predicted molar refractivity (Wildman–Crippen MR) is 152 cm³/mol. The summed E-state index contributed by atoms with van der Waals surface area (Å²) in [5.41, 5.74) is 1.99. The van der Waals surface area contributed by atoms with E-state index in [1.54, 1.807) is 11.6 Å². The summed E-state index contributed by atoms with van der Waals surface area (Å²) in [6.45, 7) is 10.2. The van der Waals surface area contributed by atoms with Crippen molar-refractivity contribution in [2.45, 2.75) is 83.9 Å². The van der Waals surface area contributed by atoms with Crippen molar-refractivity contribution in [2.75, 3.05) is 26.2 Å². The zero-order valence-corrected chi connectivity index (χ0v) is 24.3. The Morgan fingerprint density at radius 1 is 0.950 bits per heavy atom. The average molecular weight is 554 g/mol. The maximum atomic E-state index is 13.0. The van der Waals surface area contributed by atoms with Gasteiger partial charge >= 0.3 is 11.8 Å². The first-order valence-corrected chi connectivity index (χ1v) is 14.7. The van der Waals surface area contributed by atoms with Gasteiger partial charge in [0.25, 0.3) is 0 Å². The number of hydrogen-bond donors (Lipinski definition) is 1. The molecule has 1 unspecified atom stereocenters. The maximum absolute atomic E-state index is 13.0. The number of rotatable bonds is 5. The van der Waals surface area contributed by atoms with Gasteiger partial charge in [-0.1, -0.05) is 6.07 Å². The Hall–Kier alpha value is -3.14. The van der Waals surface area contributed by atoms with Gasteiger partial charge in [0.2, 0.25) is 11.8 Å². The van der Waals surface area contributed by atoms with Gasteiger partial charge in [0.05, 0.1) is 11.0 Å². The van der Waals surface area contributed by atoms with Crippen LogP contribution in [0.4, 0.5) is 4.79 Å². The molecular formula is C30H43N5O5. The molecule has 2 aromatic rings. The zero-order valence-electron chi connectivity index (χ0n) is 24.3. The van der Waals surface area contributed by atoms with Crippen molar-refractivity contribution in [1.29, 1.82) is 0 Å². The molecule has 5 rings (SSSR count). The second-order valence-electron chi connectivity index (χ2n) is 12.9. The molecule has 1 N–H and O–H groups in total. The van der Waals surface area contributed by atoms with Gasteiger partial charge in [-0.3, -0.25) is 28.9 Å². The molecule has 10 heteroatoms. The molecule has 3 saturated heterocycles. The minimum atomic E-state index is -0.664. The Labute approximate surface area is 235 Å². The zero-order chi connectivity index (χ0) is 28.6. The standard InChI is InChI=1S/C30H43N5O5/c1-30(2,3)40-29(39)34-15-11-21(12-16-34)17-20-9-13-33(14-10-20)19-22-5-6-23-25(18-22)32(4)28(38)35(23)24-7-8-26(36)31-27(24)37/h5-6,18,20-21,24H,7-17,19H2,1-4H3,(H,31,36,37). The van der Waals surface area contributed by atoms with Crippen molar-refractivity contribution in [3.05, 3.63) is 34.2 Å². The Balaban J connectivity index is 1.13. The largest absolute Gasteiger partial charge is 0.444 e. The van der Waals surface area contributed by atoms with Crippen LogP contribution in [0.25, 0.3) is 11.0 Å². The molecule has 1 aromatic carbocycles. The molecule has 0 spiro atoms. The van der Waals surface area contributed by atoms with E-state index < -0.39 is 17.6 Å². The summed E-state index contributed by atoms with van der Waals surface area (Å²) in [4.78, 5) is 53.8. The van der Waals surface area contributed by atoms with Crippen molar-refractivity contribution in [3.8, 4) is 0 Å². The van der Waals surface area contributed by atoms with E-state index in [4.69, 9.17) is 4.74 Å². The molecule has 0 saturated carbocycles. The fraction of sp³-hybridized carbons (Fsp3) is 0.667. The number of benzene rings is 1. The summed E-state index contributed by atoms with van der Waals surface area (Å²) in [6, 6.07) is 5.38. The van der Waals surface area contributed by atoms with Crippen LogP contribution < -0.4 is 11.0 Å². The van der Waals surface area contributed by atoms with Crippen LogP contribution in [0, 0.1) is 11.8 Å². The van der Waals surface area contributed by atoms with E-state index in [2.05, 4.69) is 22.3 Å². The van der Waals surface area contributed by atoms with Crippen molar-refractivity contribution >= 4 is 28.9 Å². The van der Waals surface area contributed by atoms with Crippen molar-refractivity contribution < 1.29 is 19.1 Å². The van der Waals surface area contributed by atoms with E-state index in [9.17, 15) is 19.2 Å². The van der Waals surface area contributed by atoms with Crippen LogP contribution in [0.3, 0.4) is 0 Å². The Bertz CT molecular complexity index is 1320. The number of aromatic nitrogens is 2. The fourth-order valence-electron chi connectivity index (χ4n) is 6.52. The maximum Gasteiger partial charge on any atom is 0.410 e. The highest BCUT2D eigenvalue weighted by Crippen LogP contribution is 2.31. The minimum Gasteiger partial charge on any atom is -0.444 e. The van der Waals surface area contributed by atoms with E-state index in [0.717, 1.165) is 68.1 Å². The highest BCUT2D eigenvalue weighted by molar-refractivity contribution is 6.00. The fourth-order valence-corrected chi connectivity index (χ4v) is 6.52. The Kier molecular flexibility index (Phi) is 8.08. The molecule has 10 nitrogen and oxygen atoms in total. The number of aryl methyl sites for hydroxylation is 1. The summed E-state index contributed by atoms with van der Waals surface area (Å²) < 4.78 is 8.66. The second kappa shape index (κ2) is 11.4. The minimum absolute atomic E-state index is 0.190. The van der Waals surface area contributed by atoms with Crippen LogP contribution in [0.5, 0.6) is 0 Å². The molecule has 1 aromatic heterocycles. The van der Waals surface area contributed by atoms with E-state index in [-0.39, 0.29) is 24.1 Å². The van der Waals surface area contributed by atoms with Gasteiger partial charge in [-0.05, 0) is 102 Å². The molecule has 40 heavy (non-hydrogen) atoms. The van der Waals surface area contributed by atoms with Gasteiger partial charge in [0, 0.05) is 33.1 Å². The summed E-state index contributed by atoms with van der Waals surface area (Å²) in [7, 11) is 1.74. The molecule has 0 radical (unpaired) electrons. The molecule has 3 fully saturated rings. The lowest BCUT2D eigenvalue weighted by molar-refractivity contribution is -0.135. The van der Waals surface area contributed by atoms with Crippen LogP contribution in [-0.4, -0.2) is 68.6 Å². The van der Waals surface area contributed by atoms with Crippen LogP contribution >= 0.6 is 0 Å². The second-order valence-corrected chi connectivity index (χ2v) is 12.9. The lowest BCUT2D eigenvalue weighted by atomic mass is 9.83. The smallest absolute Gasteiger partial charge is 0.410 e. The molecule has 0 aliphatic carbocycles. The number of likely N-dealkylation sites (tertiary alicyclic amines) is 2. The number of imide groups is 1. The highest BCUT2D eigenvalue weighted by atomic mass is 16.6. The monoisotopic (exact) mass is 553 g/mol. The molecule has 4 heterocycles. The van der Waals surface area contributed by atoms with E-state index >= 15 is 0 Å². The quantitative estimate of drug-likeness (QED) is 0.568. The number of nitrogens with zero attached hydrogens (tertiary/aromatic N) is 4. The van der Waals surface area contributed by atoms with Crippen molar-refractivity contribution in [2.24, 2.45) is 18.9 Å². The third-order valence-corrected chi connectivity index (χ3v) is 8.72. The van der Waals surface area contributed by atoms with Gasteiger partial charge in [-0.2, -0.15) is 0 Å². The van der Waals surface area contributed by atoms with Crippen LogP contribution in [-0.2, 0) is 27.9 Å². The van der Waals surface area contributed by atoms with Gasteiger partial charge in [0.15, 0.2) is 0 Å². The summed E-state index contributed by atoms with van der Waals surface area (Å²) in [6.07, 6.45) is 6.08. The molecule has 0 bridgehead atoms. The van der Waals surface area contributed by atoms with E-state index in [1.165, 1.54) is 23.8 Å². The van der Waals surface area contributed by atoms with E-state index in [0.29, 0.717) is 12.3 Å². The Morgan fingerprint density at radius 3 is 2.23 bits per heavy atom. The predicted octanol–water partition coefficient (Wildman–Crippen LogP) is 3.57. The molecule has 1 atom stereocenters. The van der Waals surface area contributed by atoms with Crippen LogP contribution in [0.15, 0.2) is 23.0 Å². The number of fused-ring (bicyclic) bond motifs is 1. The third kappa shape index (κ3) is 6.27. The number of carbonyl (C=O) groups is 3. The first-order valence-electron chi connectivity index (χ1n) is 14.7. The number of carbonyl (C=O) groups excluding carboxylic acids is 3. The number of imidazole rings is 1. The number of nitrogens with one attached hydrogen (secondary N) is 1. The Morgan fingerprint density at radius 2 is 1.60 bits per heavy atom. The molecule has 3 aliphatic heterocycles. The van der Waals surface area contributed by atoms with E-state index in [1.807, 2.05) is 31.7 Å². The number of amides is 3. The van der Waals surface area contributed by atoms with Crippen molar-refractivity contribution in [3.63, 3.8) is 0 Å². The molecule has 3 aliphatic rings. The first kappa shape index (κ1) is 28.4. The molecule has 3 amide bonds. The highest BCUT2D eigenvalue weighted by Gasteiger charge is 2.32. The lowest BCUT2D eigenvalue weighted by Gasteiger charge is -2.37. The summed E-state index contributed by atoms with van der Waals surface area (Å²) in [5.74, 6) is 0.697. The summed E-state index contributed by atoms with van der Waals surface area (Å²) in [5, 5.41) is 2.36. The normalized spacial score (nSPS) is 22.1. The van der Waals surface area contributed by atoms with Crippen molar-refractivity contribution in [1.82, 2.24) is 24.3 Å². The van der Waals surface area contributed by atoms with Gasteiger partial charge < -0.3 is 9.64 Å². The first-order chi connectivity index (χ1) is 19.0. The van der Waals surface area contributed by atoms with Gasteiger partial charge in [-0.25, -0.2) is 9.59 Å². The van der Waals surface area contributed by atoms with Gasteiger partial charge in [-0.15, -0.1) is 0 Å². The van der Waals surface area contributed by atoms with Gasteiger partial charge in [0.1, 0.15) is 11.6 Å². The van der Waals surface area contributed by atoms with Crippen LogP contribution in [0.1, 0.15) is 77.3 Å².